The highest BCUT2D eigenvalue weighted by atomic mass is 16.2. The van der Waals surface area contributed by atoms with Crippen LogP contribution in [0.15, 0.2) is 30.6 Å². The van der Waals surface area contributed by atoms with Crippen molar-refractivity contribution in [3.8, 4) is 0 Å². The largest absolute Gasteiger partial charge is 0.335 e. The lowest BCUT2D eigenvalue weighted by Crippen LogP contribution is -2.45. The van der Waals surface area contributed by atoms with E-state index in [1.54, 1.807) is 6.33 Å². The molecule has 1 aromatic carbocycles. The Morgan fingerprint density at radius 1 is 1.18 bits per heavy atom. The fraction of sp³-hybridized carbons (Fsp3) is 0.438. The third-order valence-corrected chi connectivity index (χ3v) is 4.51. The van der Waals surface area contributed by atoms with Crippen LogP contribution in [0.1, 0.15) is 35.8 Å². The van der Waals surface area contributed by atoms with E-state index in [1.807, 2.05) is 4.68 Å². The van der Waals surface area contributed by atoms with Crippen LogP contribution in [0.4, 0.5) is 4.79 Å². The molecular formula is C16H19N5O. The maximum atomic E-state index is 12.3. The molecule has 6 heteroatoms. The molecule has 1 atom stereocenters. The Balaban J connectivity index is 1.37. The lowest BCUT2D eigenvalue weighted by molar-refractivity contribution is 0.229. The Bertz CT molecular complexity index is 670. The number of aromatic nitrogens is 3. The van der Waals surface area contributed by atoms with Crippen molar-refractivity contribution < 1.29 is 4.79 Å². The minimum absolute atomic E-state index is 0.0416. The minimum atomic E-state index is -0.112. The summed E-state index contributed by atoms with van der Waals surface area (Å²) in [6.45, 7) is 0.882. The molecule has 0 radical (unpaired) electrons. The molecule has 0 spiro atoms. The summed E-state index contributed by atoms with van der Waals surface area (Å²) in [6.07, 6.45) is 5.29. The molecular weight excluding hydrogens is 278 g/mol. The number of carbonyl (C=O) groups excluding carboxylic acids is 1. The molecule has 114 valence electrons. The molecule has 0 unspecified atom stereocenters. The zero-order chi connectivity index (χ0) is 14.9. The molecule has 22 heavy (non-hydrogen) atoms. The van der Waals surface area contributed by atoms with Crippen LogP contribution in [0, 0.1) is 0 Å². The first-order chi connectivity index (χ1) is 10.8. The molecule has 1 aliphatic heterocycles. The average Bonchev–Trinajstić information content (AvgIpc) is 3.12. The van der Waals surface area contributed by atoms with Crippen LogP contribution in [0.2, 0.25) is 0 Å². The van der Waals surface area contributed by atoms with Gasteiger partial charge in [0.1, 0.15) is 12.2 Å². The lowest BCUT2D eigenvalue weighted by Gasteiger charge is -2.24. The summed E-state index contributed by atoms with van der Waals surface area (Å²) in [6, 6.07) is 8.40. The van der Waals surface area contributed by atoms with Crippen molar-refractivity contribution in [3.05, 3.63) is 47.5 Å². The van der Waals surface area contributed by atoms with Gasteiger partial charge in [0.05, 0.1) is 6.04 Å². The number of rotatable bonds is 2. The topological polar surface area (TPSA) is 71.8 Å². The van der Waals surface area contributed by atoms with Crippen LogP contribution >= 0.6 is 0 Å². The van der Waals surface area contributed by atoms with Crippen molar-refractivity contribution in [3.63, 3.8) is 0 Å². The molecule has 4 rings (SSSR count). The number of hydrogen-bond acceptors (Lipinski definition) is 3. The van der Waals surface area contributed by atoms with Crippen LogP contribution in [-0.2, 0) is 19.4 Å². The van der Waals surface area contributed by atoms with Gasteiger partial charge in [0.2, 0.25) is 0 Å². The number of aryl methyl sites for hydroxylation is 1. The number of hydrogen-bond donors (Lipinski definition) is 2. The van der Waals surface area contributed by atoms with Gasteiger partial charge in [0, 0.05) is 12.6 Å². The van der Waals surface area contributed by atoms with Crippen molar-refractivity contribution >= 4 is 6.03 Å². The number of nitrogens with zero attached hydrogens (tertiary/aromatic N) is 3. The van der Waals surface area contributed by atoms with E-state index in [0.717, 1.165) is 38.1 Å². The quantitative estimate of drug-likeness (QED) is 0.884. The first kappa shape index (κ1) is 13.3. The van der Waals surface area contributed by atoms with E-state index in [9.17, 15) is 4.79 Å². The Morgan fingerprint density at radius 2 is 1.95 bits per heavy atom. The zero-order valence-electron chi connectivity index (χ0n) is 12.3. The molecule has 2 aliphatic rings. The molecule has 0 saturated heterocycles. The van der Waals surface area contributed by atoms with Gasteiger partial charge in [0.25, 0.3) is 0 Å². The van der Waals surface area contributed by atoms with Crippen molar-refractivity contribution in [2.45, 2.75) is 44.3 Å². The fourth-order valence-corrected chi connectivity index (χ4v) is 3.47. The van der Waals surface area contributed by atoms with Crippen LogP contribution < -0.4 is 10.6 Å². The summed E-state index contributed by atoms with van der Waals surface area (Å²) in [5.74, 6) is 0.858. The molecule has 0 saturated carbocycles. The van der Waals surface area contributed by atoms with E-state index in [-0.39, 0.29) is 18.1 Å². The molecule has 2 heterocycles. The van der Waals surface area contributed by atoms with E-state index in [1.165, 1.54) is 11.1 Å². The Kier molecular flexibility index (Phi) is 3.29. The lowest BCUT2D eigenvalue weighted by atomic mass is 10.1. The number of carbonyl (C=O) groups is 1. The molecule has 2 amide bonds. The Labute approximate surface area is 128 Å². The molecule has 6 nitrogen and oxygen atoms in total. The summed E-state index contributed by atoms with van der Waals surface area (Å²) >= 11 is 0. The fourth-order valence-electron chi connectivity index (χ4n) is 3.47. The van der Waals surface area contributed by atoms with Crippen LogP contribution in [0.25, 0.3) is 0 Å². The summed E-state index contributed by atoms with van der Waals surface area (Å²) < 4.78 is 1.87. The van der Waals surface area contributed by atoms with Gasteiger partial charge in [-0.3, -0.25) is 0 Å². The van der Waals surface area contributed by atoms with Gasteiger partial charge in [-0.2, -0.15) is 5.10 Å². The van der Waals surface area contributed by atoms with Crippen LogP contribution in [0.3, 0.4) is 0 Å². The molecule has 1 aromatic heterocycles. The van der Waals surface area contributed by atoms with E-state index >= 15 is 0 Å². The highest BCUT2D eigenvalue weighted by molar-refractivity contribution is 5.75. The molecule has 2 N–H and O–H groups in total. The van der Waals surface area contributed by atoms with Crippen molar-refractivity contribution in [1.29, 1.82) is 0 Å². The summed E-state index contributed by atoms with van der Waals surface area (Å²) in [4.78, 5) is 16.5. The highest BCUT2D eigenvalue weighted by Gasteiger charge is 2.26. The van der Waals surface area contributed by atoms with Crippen molar-refractivity contribution in [2.75, 3.05) is 0 Å². The van der Waals surface area contributed by atoms with E-state index < -0.39 is 0 Å². The predicted molar refractivity (Wildman–Crippen MR) is 81.3 cm³/mol. The van der Waals surface area contributed by atoms with Crippen LogP contribution in [0.5, 0.6) is 0 Å². The van der Waals surface area contributed by atoms with E-state index in [2.05, 4.69) is 45.0 Å². The number of amides is 2. The first-order valence-corrected chi connectivity index (χ1v) is 7.81. The standard InChI is InChI=1S/C16H19N5O/c22-16(19-13-8-11-4-1-2-5-12(11)9-13)20-14-6-3-7-21-15(14)17-10-18-21/h1-2,4-5,10,13-14H,3,6-9H2,(H2,19,20,22)/t14-/m1/s1. The second-order valence-corrected chi connectivity index (χ2v) is 6.03. The number of urea groups is 1. The van der Waals surface area contributed by atoms with Crippen molar-refractivity contribution in [2.24, 2.45) is 0 Å². The highest BCUT2D eigenvalue weighted by Crippen LogP contribution is 2.23. The molecule has 0 bridgehead atoms. The number of fused-ring (bicyclic) bond motifs is 2. The first-order valence-electron chi connectivity index (χ1n) is 7.81. The Morgan fingerprint density at radius 3 is 2.73 bits per heavy atom. The Hall–Kier alpha value is -2.37. The zero-order valence-corrected chi connectivity index (χ0v) is 12.3. The SMILES string of the molecule is O=C(NC1Cc2ccccc2C1)N[C@@H]1CCCn2ncnc21. The van der Waals surface area contributed by atoms with E-state index in [4.69, 9.17) is 0 Å². The molecule has 0 fully saturated rings. The summed E-state index contributed by atoms with van der Waals surface area (Å²) in [5.41, 5.74) is 2.68. The average molecular weight is 297 g/mol. The summed E-state index contributed by atoms with van der Waals surface area (Å²) in [7, 11) is 0. The molecule has 2 aromatic rings. The van der Waals surface area contributed by atoms with Gasteiger partial charge < -0.3 is 10.6 Å². The second-order valence-electron chi connectivity index (χ2n) is 6.03. The van der Waals surface area contributed by atoms with Crippen LogP contribution in [-0.4, -0.2) is 26.8 Å². The number of benzene rings is 1. The number of nitrogens with one attached hydrogen (secondary N) is 2. The maximum Gasteiger partial charge on any atom is 0.315 e. The van der Waals surface area contributed by atoms with Gasteiger partial charge >= 0.3 is 6.03 Å². The monoisotopic (exact) mass is 297 g/mol. The molecule has 1 aliphatic carbocycles. The third kappa shape index (κ3) is 2.45. The van der Waals surface area contributed by atoms with Gasteiger partial charge in [0.15, 0.2) is 0 Å². The maximum absolute atomic E-state index is 12.3. The van der Waals surface area contributed by atoms with Crippen molar-refractivity contribution in [1.82, 2.24) is 25.4 Å². The third-order valence-electron chi connectivity index (χ3n) is 4.51. The van der Waals surface area contributed by atoms with E-state index in [0.29, 0.717) is 0 Å². The predicted octanol–water partition coefficient (Wildman–Crippen LogP) is 1.58. The van der Waals surface area contributed by atoms with Gasteiger partial charge in [-0.25, -0.2) is 14.5 Å². The second kappa shape index (κ2) is 5.44. The van der Waals surface area contributed by atoms with Gasteiger partial charge in [-0.05, 0) is 36.8 Å². The smallest absolute Gasteiger partial charge is 0.315 e. The van der Waals surface area contributed by atoms with Gasteiger partial charge in [-0.1, -0.05) is 24.3 Å². The minimum Gasteiger partial charge on any atom is -0.335 e. The normalized spacial score (nSPS) is 20.3. The summed E-state index contributed by atoms with van der Waals surface area (Å²) in [5, 5.41) is 10.3. The van der Waals surface area contributed by atoms with Gasteiger partial charge in [-0.15, -0.1) is 0 Å².